The van der Waals surface area contributed by atoms with Crippen LogP contribution in [-0.2, 0) is 6.54 Å². The molecule has 3 aromatic rings. The molecule has 1 heterocycles. The molecule has 1 aromatic heterocycles. The zero-order valence-corrected chi connectivity index (χ0v) is 20.5. The van der Waals surface area contributed by atoms with Gasteiger partial charge in [-0.2, -0.15) is 5.10 Å². The van der Waals surface area contributed by atoms with Crippen LogP contribution in [-0.4, -0.2) is 43.1 Å². The highest BCUT2D eigenvalue weighted by atomic mass is 16.5. The van der Waals surface area contributed by atoms with Gasteiger partial charge in [0.05, 0.1) is 33.1 Å². The fraction of sp³-hybridized carbons (Fsp3) is 0.346. The van der Waals surface area contributed by atoms with Crippen molar-refractivity contribution >= 4 is 23.0 Å². The van der Waals surface area contributed by atoms with Gasteiger partial charge in [0.25, 0.3) is 11.5 Å². The van der Waals surface area contributed by atoms with E-state index in [-0.39, 0.29) is 11.3 Å². The molecular formula is C26H31N3O6. The van der Waals surface area contributed by atoms with Crippen molar-refractivity contribution in [3.05, 3.63) is 57.9 Å². The van der Waals surface area contributed by atoms with Gasteiger partial charge in [-0.25, -0.2) is 5.43 Å². The standard InChI is InChI=1S/C26H31N3O6/c1-5-6-7-10-13-29-19-12-9-8-11-18(19)24(30)23(26(29)32)25(31)28-27-16-17-14-21(34-3)22(35-4)15-20(17)33-2/h8-9,11-12,14-16,30H,5-7,10,13H2,1-4H3,(H,28,31). The molecule has 0 radical (unpaired) electrons. The summed E-state index contributed by atoms with van der Waals surface area (Å²) in [7, 11) is 4.51. The van der Waals surface area contributed by atoms with E-state index in [4.69, 9.17) is 14.2 Å². The first-order chi connectivity index (χ1) is 17.0. The minimum atomic E-state index is -0.809. The van der Waals surface area contributed by atoms with Crippen molar-refractivity contribution in [1.29, 1.82) is 0 Å². The summed E-state index contributed by atoms with van der Waals surface area (Å²) in [5, 5.41) is 15.2. The van der Waals surface area contributed by atoms with Gasteiger partial charge >= 0.3 is 0 Å². The summed E-state index contributed by atoms with van der Waals surface area (Å²) in [5.41, 5.74) is 2.53. The van der Waals surface area contributed by atoms with Gasteiger partial charge in [-0.3, -0.25) is 9.59 Å². The number of unbranched alkanes of at least 4 members (excludes halogenated alkanes) is 3. The third-order valence-corrected chi connectivity index (χ3v) is 5.71. The average Bonchev–Trinajstić information content (AvgIpc) is 2.87. The highest BCUT2D eigenvalue weighted by molar-refractivity contribution is 6.02. The van der Waals surface area contributed by atoms with Crippen LogP contribution in [0.5, 0.6) is 23.0 Å². The van der Waals surface area contributed by atoms with Crippen molar-refractivity contribution in [3.63, 3.8) is 0 Å². The molecular weight excluding hydrogens is 450 g/mol. The number of nitrogens with one attached hydrogen (secondary N) is 1. The maximum absolute atomic E-state index is 13.2. The number of pyridine rings is 1. The number of rotatable bonds is 11. The molecule has 2 aromatic carbocycles. The molecule has 2 N–H and O–H groups in total. The largest absolute Gasteiger partial charge is 0.506 e. The first-order valence-electron chi connectivity index (χ1n) is 11.4. The van der Waals surface area contributed by atoms with Crippen LogP contribution in [0.4, 0.5) is 0 Å². The molecule has 0 unspecified atom stereocenters. The minimum Gasteiger partial charge on any atom is -0.506 e. The van der Waals surface area contributed by atoms with Crippen molar-refractivity contribution in [2.45, 2.75) is 39.2 Å². The van der Waals surface area contributed by atoms with E-state index in [2.05, 4.69) is 17.5 Å². The molecule has 0 bridgehead atoms. The second-order valence-electron chi connectivity index (χ2n) is 7.91. The molecule has 0 aliphatic rings. The zero-order valence-electron chi connectivity index (χ0n) is 20.5. The number of ether oxygens (including phenoxy) is 3. The third-order valence-electron chi connectivity index (χ3n) is 5.71. The van der Waals surface area contributed by atoms with Crippen LogP contribution in [0.2, 0.25) is 0 Å². The topological polar surface area (TPSA) is 111 Å². The van der Waals surface area contributed by atoms with Gasteiger partial charge in [-0.05, 0) is 24.6 Å². The molecule has 9 nitrogen and oxygen atoms in total. The molecule has 9 heteroatoms. The number of aromatic nitrogens is 1. The van der Waals surface area contributed by atoms with Gasteiger partial charge < -0.3 is 23.9 Å². The van der Waals surface area contributed by atoms with Gasteiger partial charge in [-0.15, -0.1) is 0 Å². The predicted octanol–water partition coefficient (Wildman–Crippen LogP) is 4.08. The molecule has 186 valence electrons. The number of carbonyl (C=O) groups excluding carboxylic acids is 1. The molecule has 0 fully saturated rings. The van der Waals surface area contributed by atoms with Crippen molar-refractivity contribution in [2.75, 3.05) is 21.3 Å². The lowest BCUT2D eigenvalue weighted by Crippen LogP contribution is -2.31. The zero-order chi connectivity index (χ0) is 25.4. The Morgan fingerprint density at radius 2 is 1.71 bits per heavy atom. The van der Waals surface area contributed by atoms with E-state index in [9.17, 15) is 14.7 Å². The lowest BCUT2D eigenvalue weighted by Gasteiger charge is -2.14. The van der Waals surface area contributed by atoms with Crippen molar-refractivity contribution < 1.29 is 24.1 Å². The Morgan fingerprint density at radius 1 is 1.03 bits per heavy atom. The summed E-state index contributed by atoms with van der Waals surface area (Å²) in [6.07, 6.45) is 5.26. The summed E-state index contributed by atoms with van der Waals surface area (Å²) in [4.78, 5) is 26.2. The van der Waals surface area contributed by atoms with Crippen molar-refractivity contribution in [3.8, 4) is 23.0 Å². The Bertz CT molecular complexity index is 1280. The number of aryl methyl sites for hydroxylation is 1. The summed E-state index contributed by atoms with van der Waals surface area (Å²) in [6, 6.07) is 10.3. The number of benzene rings is 2. The maximum atomic E-state index is 13.2. The number of nitrogens with zero attached hydrogens (tertiary/aromatic N) is 2. The van der Waals surface area contributed by atoms with E-state index in [0.717, 1.165) is 25.7 Å². The molecule has 0 aliphatic heterocycles. The normalized spacial score (nSPS) is 11.1. The third kappa shape index (κ3) is 5.56. The highest BCUT2D eigenvalue weighted by Crippen LogP contribution is 2.33. The Kier molecular flexibility index (Phi) is 8.72. The van der Waals surface area contributed by atoms with Crippen LogP contribution < -0.4 is 25.2 Å². The molecule has 0 aliphatic carbocycles. The number of hydrogen-bond donors (Lipinski definition) is 2. The summed E-state index contributed by atoms with van der Waals surface area (Å²) >= 11 is 0. The van der Waals surface area contributed by atoms with Crippen LogP contribution in [0.15, 0.2) is 46.3 Å². The number of fused-ring (bicyclic) bond motifs is 1. The number of aromatic hydroxyl groups is 1. The van der Waals surface area contributed by atoms with Gasteiger partial charge in [0.1, 0.15) is 17.1 Å². The Labute approximate surface area is 203 Å². The number of amides is 1. The van der Waals surface area contributed by atoms with Crippen LogP contribution >= 0.6 is 0 Å². The second kappa shape index (κ2) is 11.9. The number of carbonyl (C=O) groups is 1. The molecule has 0 atom stereocenters. The Balaban J connectivity index is 1.93. The quantitative estimate of drug-likeness (QED) is 0.243. The van der Waals surface area contributed by atoms with Crippen molar-refractivity contribution in [2.24, 2.45) is 5.10 Å². The van der Waals surface area contributed by atoms with Crippen LogP contribution in [0.3, 0.4) is 0 Å². The highest BCUT2D eigenvalue weighted by Gasteiger charge is 2.22. The lowest BCUT2D eigenvalue weighted by atomic mass is 10.1. The van der Waals surface area contributed by atoms with Gasteiger partial charge in [0.15, 0.2) is 11.5 Å². The van der Waals surface area contributed by atoms with Gasteiger partial charge in [0, 0.05) is 23.6 Å². The molecule has 35 heavy (non-hydrogen) atoms. The summed E-state index contributed by atoms with van der Waals surface area (Å²) in [5.74, 6) is 0.206. The fourth-order valence-corrected chi connectivity index (χ4v) is 3.88. The number of hydrogen-bond acceptors (Lipinski definition) is 7. The summed E-state index contributed by atoms with van der Waals surface area (Å²) in [6.45, 7) is 2.56. The van der Waals surface area contributed by atoms with Crippen LogP contribution in [0.25, 0.3) is 10.9 Å². The number of para-hydroxylation sites is 1. The van der Waals surface area contributed by atoms with Crippen molar-refractivity contribution in [1.82, 2.24) is 9.99 Å². The van der Waals surface area contributed by atoms with E-state index in [1.807, 2.05) is 0 Å². The first-order valence-corrected chi connectivity index (χ1v) is 11.4. The Morgan fingerprint density at radius 3 is 2.40 bits per heavy atom. The number of methoxy groups -OCH3 is 3. The van der Waals surface area contributed by atoms with Gasteiger partial charge in [0.2, 0.25) is 0 Å². The molecule has 0 saturated carbocycles. The predicted molar refractivity (Wildman–Crippen MR) is 135 cm³/mol. The maximum Gasteiger partial charge on any atom is 0.280 e. The Hall–Kier alpha value is -4.01. The first kappa shape index (κ1) is 25.6. The summed E-state index contributed by atoms with van der Waals surface area (Å²) < 4.78 is 17.5. The molecule has 0 saturated heterocycles. The average molecular weight is 482 g/mol. The SMILES string of the molecule is CCCCCCn1c(=O)c(C(=O)NN=Cc2cc(OC)c(OC)cc2OC)c(O)c2ccccc21. The second-order valence-corrected chi connectivity index (χ2v) is 7.91. The van der Waals surface area contributed by atoms with E-state index < -0.39 is 11.5 Å². The van der Waals surface area contributed by atoms with Crippen LogP contribution in [0, 0.1) is 0 Å². The fourth-order valence-electron chi connectivity index (χ4n) is 3.88. The monoisotopic (exact) mass is 481 g/mol. The van der Waals surface area contributed by atoms with E-state index in [1.165, 1.54) is 27.5 Å². The number of hydrazone groups is 1. The van der Waals surface area contributed by atoms with Gasteiger partial charge in [-0.1, -0.05) is 38.3 Å². The molecule has 3 rings (SSSR count). The minimum absolute atomic E-state index is 0.351. The molecule has 0 spiro atoms. The smallest absolute Gasteiger partial charge is 0.280 e. The lowest BCUT2D eigenvalue weighted by molar-refractivity contribution is 0.0950. The molecule has 1 amide bonds. The van der Waals surface area contributed by atoms with Crippen LogP contribution in [0.1, 0.15) is 48.5 Å². The van der Waals surface area contributed by atoms with E-state index >= 15 is 0 Å². The van der Waals surface area contributed by atoms with E-state index in [0.29, 0.717) is 40.3 Å². The van der Waals surface area contributed by atoms with E-state index in [1.54, 1.807) is 41.0 Å².